The second kappa shape index (κ2) is 26.0. The maximum absolute atomic E-state index is 14.6. The first-order chi connectivity index (χ1) is 33.1. The molecule has 0 saturated carbocycles. The van der Waals surface area contributed by atoms with E-state index in [0.717, 1.165) is 23.3 Å². The van der Waals surface area contributed by atoms with Crippen molar-refractivity contribution in [2.24, 2.45) is 0 Å². The predicted octanol–water partition coefficient (Wildman–Crippen LogP) is 5.68. The Bertz CT molecular complexity index is 2390. The van der Waals surface area contributed by atoms with E-state index in [1.807, 2.05) is 31.1 Å². The van der Waals surface area contributed by atoms with Crippen molar-refractivity contribution in [2.75, 3.05) is 34.2 Å². The molecule has 17 nitrogen and oxygen atoms in total. The van der Waals surface area contributed by atoms with Crippen LogP contribution in [0.25, 0.3) is 22.5 Å². The van der Waals surface area contributed by atoms with Crippen molar-refractivity contribution in [2.45, 2.75) is 121 Å². The molecule has 370 valence electrons. The summed E-state index contributed by atoms with van der Waals surface area (Å²) in [4.78, 5) is 92.9. The quantitative estimate of drug-likeness (QED) is 0.0471. The van der Waals surface area contributed by atoms with E-state index < -0.39 is 59.7 Å². The van der Waals surface area contributed by atoms with Crippen LogP contribution in [0.4, 0.5) is 0 Å². The van der Waals surface area contributed by atoms with Crippen molar-refractivity contribution in [3.63, 3.8) is 0 Å². The van der Waals surface area contributed by atoms with Gasteiger partial charge in [-0.1, -0.05) is 81.8 Å². The van der Waals surface area contributed by atoms with Crippen molar-refractivity contribution in [3.05, 3.63) is 95.3 Å². The highest BCUT2D eigenvalue weighted by molar-refractivity contribution is 5.96. The van der Waals surface area contributed by atoms with E-state index >= 15 is 0 Å². The van der Waals surface area contributed by atoms with E-state index in [4.69, 9.17) is 0 Å². The molecule has 5 rings (SSSR count). The van der Waals surface area contributed by atoms with Crippen LogP contribution in [-0.2, 0) is 36.8 Å². The number of hydrogen-bond donors (Lipinski definition) is 7. The summed E-state index contributed by atoms with van der Waals surface area (Å²) in [6, 6.07) is 11.4. The van der Waals surface area contributed by atoms with Crippen LogP contribution in [0.15, 0.2) is 73.1 Å². The Morgan fingerprint density at radius 3 is 2.12 bits per heavy atom. The molecule has 2 heterocycles. The molecule has 4 bridgehead atoms. The van der Waals surface area contributed by atoms with Gasteiger partial charge in [0, 0.05) is 55.5 Å². The number of nitrogens with one attached hydrogen (secondary N) is 4. The van der Waals surface area contributed by atoms with Crippen molar-refractivity contribution in [1.29, 1.82) is 0 Å². The third-order valence-electron chi connectivity index (χ3n) is 12.3. The molecule has 1 aromatic heterocycles. The largest absolute Gasteiger partial charge is 0.507 e. The number of phenols is 2. The number of carbonyl (C=O) groups excluding carboxylic acids is 5. The van der Waals surface area contributed by atoms with Gasteiger partial charge in [-0.3, -0.25) is 24.0 Å². The molecule has 1 aliphatic heterocycles. The SMILES string of the molecule is CCCCCCCCCc1ccc(-c2ncc(C(=O)NCCC(=O)N[C@@H](CCCCN(C)C)C(=O)N(C)[C@@H]3C(=O)N[C@@H](C)C(=O)N[C@H](C(=O)O)Cc4ccc(O)c(c4)-c4cc3ccc4O)cn2)cc1. The lowest BCUT2D eigenvalue weighted by atomic mass is 9.93. The molecule has 0 fully saturated rings. The van der Waals surface area contributed by atoms with Gasteiger partial charge in [-0.2, -0.15) is 0 Å². The standard InChI is InChI=1S/C52H68N8O9/c1-6-7-8-9-10-11-12-15-34-17-20-36(21-18-34)47-54-31-38(32-55-47)49(65)53-26-25-45(63)57-41(16-13-14-27-59(3)4)51(67)60(5)46-37-22-24-44(62)40(30-37)39-28-35(19-23-43(39)61)29-42(52(68)69)58-48(64)33(2)56-50(46)66/h17-24,28,30-33,41-42,46,61-62H,6-16,25-27,29H2,1-5H3,(H,53,65)(H,56,66)(H,57,63)(H,58,64)(H,68,69)/t33-,41-,42-,46-/m0/s1. The molecule has 17 heteroatoms. The maximum Gasteiger partial charge on any atom is 0.326 e. The number of rotatable bonds is 22. The zero-order valence-corrected chi connectivity index (χ0v) is 40.4. The molecular weight excluding hydrogens is 881 g/mol. The first-order valence-electron chi connectivity index (χ1n) is 23.9. The van der Waals surface area contributed by atoms with E-state index in [0.29, 0.717) is 30.8 Å². The summed E-state index contributed by atoms with van der Waals surface area (Å²) in [7, 11) is 5.21. The smallest absolute Gasteiger partial charge is 0.326 e. The number of amides is 5. The van der Waals surface area contributed by atoms with Crippen molar-refractivity contribution >= 4 is 35.5 Å². The number of likely N-dealkylation sites (N-methyl/N-ethyl adjacent to an activating group) is 1. The van der Waals surface area contributed by atoms with Crippen LogP contribution in [0.5, 0.6) is 11.5 Å². The summed E-state index contributed by atoms with van der Waals surface area (Å²) in [5, 5.41) is 42.5. The Balaban J connectivity index is 1.27. The van der Waals surface area contributed by atoms with Crippen LogP contribution < -0.4 is 21.3 Å². The lowest BCUT2D eigenvalue weighted by molar-refractivity contribution is -0.144. The number of carbonyl (C=O) groups is 6. The summed E-state index contributed by atoms with van der Waals surface area (Å²) >= 11 is 0. The van der Waals surface area contributed by atoms with Crippen molar-refractivity contribution in [3.8, 4) is 34.0 Å². The van der Waals surface area contributed by atoms with E-state index in [-0.39, 0.29) is 59.6 Å². The van der Waals surface area contributed by atoms with Gasteiger partial charge in [0.05, 0.1) is 5.56 Å². The highest BCUT2D eigenvalue weighted by Crippen LogP contribution is 2.39. The average Bonchev–Trinajstić information content (AvgIpc) is 3.32. The number of carboxylic acids is 1. The van der Waals surface area contributed by atoms with Gasteiger partial charge in [-0.05, 0) is 101 Å². The summed E-state index contributed by atoms with van der Waals surface area (Å²) in [6.45, 7) is 4.25. The topological polar surface area (TPSA) is 243 Å². The highest BCUT2D eigenvalue weighted by atomic mass is 16.4. The molecular formula is C52H68N8O9. The van der Waals surface area contributed by atoms with Gasteiger partial charge in [-0.15, -0.1) is 0 Å². The number of fused-ring (bicyclic) bond motifs is 5. The summed E-state index contributed by atoms with van der Waals surface area (Å²) in [6.07, 6.45) is 13.7. The van der Waals surface area contributed by atoms with E-state index in [2.05, 4.69) is 50.3 Å². The lowest BCUT2D eigenvalue weighted by Crippen LogP contribution is -2.54. The Kier molecular flexibility index (Phi) is 20.0. The Morgan fingerprint density at radius 2 is 1.45 bits per heavy atom. The lowest BCUT2D eigenvalue weighted by Gasteiger charge is -2.32. The van der Waals surface area contributed by atoms with Crippen LogP contribution in [0, 0.1) is 0 Å². The number of nitrogens with zero attached hydrogens (tertiary/aromatic N) is 4. The number of benzene rings is 3. The van der Waals surface area contributed by atoms with Gasteiger partial charge in [0.2, 0.25) is 23.6 Å². The van der Waals surface area contributed by atoms with Crippen LogP contribution in [0.1, 0.15) is 118 Å². The van der Waals surface area contributed by atoms with Crippen molar-refractivity contribution < 1.29 is 44.1 Å². The van der Waals surface area contributed by atoms with Crippen LogP contribution in [0.2, 0.25) is 0 Å². The minimum Gasteiger partial charge on any atom is -0.507 e. The first kappa shape index (κ1) is 53.1. The molecule has 7 N–H and O–H groups in total. The average molecular weight is 949 g/mol. The zero-order valence-electron chi connectivity index (χ0n) is 40.4. The third kappa shape index (κ3) is 15.6. The molecule has 0 unspecified atom stereocenters. The van der Waals surface area contributed by atoms with E-state index in [1.165, 1.54) is 107 Å². The Labute approximate surface area is 404 Å². The second-order valence-corrected chi connectivity index (χ2v) is 18.1. The summed E-state index contributed by atoms with van der Waals surface area (Å²) in [5.41, 5.74) is 3.16. The van der Waals surface area contributed by atoms with Gasteiger partial charge in [-0.25, -0.2) is 14.8 Å². The van der Waals surface area contributed by atoms with E-state index in [1.54, 1.807) is 0 Å². The number of aromatic nitrogens is 2. The molecule has 0 saturated heterocycles. The van der Waals surface area contributed by atoms with Gasteiger partial charge in [0.15, 0.2) is 5.82 Å². The number of aromatic hydroxyl groups is 2. The predicted molar refractivity (Wildman–Crippen MR) is 262 cm³/mol. The molecule has 3 aromatic carbocycles. The van der Waals surface area contributed by atoms with Crippen LogP contribution in [-0.4, -0.2) is 123 Å². The molecule has 0 aliphatic carbocycles. The Morgan fingerprint density at radius 1 is 0.797 bits per heavy atom. The van der Waals surface area contributed by atoms with Crippen LogP contribution in [0.3, 0.4) is 0 Å². The molecule has 0 radical (unpaired) electrons. The monoisotopic (exact) mass is 949 g/mol. The number of aliphatic carboxylic acids is 1. The fraction of sp³-hybridized carbons (Fsp3) is 0.462. The minimum atomic E-state index is -1.44. The van der Waals surface area contributed by atoms with Gasteiger partial charge < -0.3 is 46.4 Å². The Hall–Kier alpha value is -6.88. The van der Waals surface area contributed by atoms with Crippen molar-refractivity contribution in [1.82, 2.24) is 41.0 Å². The van der Waals surface area contributed by atoms with Gasteiger partial charge in [0.25, 0.3) is 5.91 Å². The summed E-state index contributed by atoms with van der Waals surface area (Å²) in [5.74, 6) is -4.61. The van der Waals surface area contributed by atoms with Gasteiger partial charge in [0.1, 0.15) is 35.7 Å². The number of carboxylic acid groups (broad SMARTS) is 1. The van der Waals surface area contributed by atoms with Gasteiger partial charge >= 0.3 is 5.97 Å². The minimum absolute atomic E-state index is 0.0674. The molecule has 4 atom stereocenters. The first-order valence-corrected chi connectivity index (χ1v) is 23.9. The molecule has 69 heavy (non-hydrogen) atoms. The second-order valence-electron chi connectivity index (χ2n) is 18.1. The number of aryl methyl sites for hydroxylation is 1. The van der Waals surface area contributed by atoms with Crippen LogP contribution >= 0.6 is 0 Å². The molecule has 4 aromatic rings. The fourth-order valence-electron chi connectivity index (χ4n) is 8.27. The molecule has 1 aliphatic rings. The summed E-state index contributed by atoms with van der Waals surface area (Å²) < 4.78 is 0. The molecule has 5 amide bonds. The number of unbranched alkanes of at least 4 members (excludes halogenated alkanes) is 7. The number of hydrogen-bond acceptors (Lipinski definition) is 11. The van der Waals surface area contributed by atoms with E-state index in [9.17, 15) is 44.1 Å². The normalized spacial score (nSPS) is 16.4. The zero-order chi connectivity index (χ0) is 50.0. The highest BCUT2D eigenvalue weighted by Gasteiger charge is 2.36. The number of phenolic OH excluding ortho intramolecular Hbond substituents is 2. The third-order valence-corrected chi connectivity index (χ3v) is 12.3. The maximum atomic E-state index is 14.6. The fourth-order valence-corrected chi connectivity index (χ4v) is 8.27. The molecule has 0 spiro atoms.